The molecule has 1 amide bonds. The van der Waals surface area contributed by atoms with Crippen LogP contribution in [-0.2, 0) is 11.8 Å². The smallest absolute Gasteiger partial charge is 0.412 e. The summed E-state index contributed by atoms with van der Waals surface area (Å²) < 4.78 is 46.1. The highest BCUT2D eigenvalue weighted by molar-refractivity contribution is 5.82. The number of aliphatic hydroxyl groups excluding tert-OH is 1. The molecule has 2 aromatic rings. The molecule has 2 atom stereocenters. The van der Waals surface area contributed by atoms with Gasteiger partial charge in [-0.15, -0.1) is 0 Å². The van der Waals surface area contributed by atoms with E-state index in [0.29, 0.717) is 5.75 Å². The van der Waals surface area contributed by atoms with Gasteiger partial charge in [0.25, 0.3) is 5.91 Å². The van der Waals surface area contributed by atoms with E-state index in [1.807, 2.05) is 5.32 Å². The van der Waals surface area contributed by atoms with Gasteiger partial charge in [-0.05, 0) is 23.8 Å². The molecule has 0 saturated carbocycles. The fourth-order valence-corrected chi connectivity index (χ4v) is 2.23. The van der Waals surface area contributed by atoms with Gasteiger partial charge in [0, 0.05) is 25.0 Å². The van der Waals surface area contributed by atoms with Gasteiger partial charge in [0.1, 0.15) is 5.75 Å². The van der Waals surface area contributed by atoms with Gasteiger partial charge in [0.2, 0.25) is 0 Å². The second-order valence-electron chi connectivity index (χ2n) is 5.27. The maximum Gasteiger partial charge on any atom is 0.412 e. The predicted molar refractivity (Wildman–Crippen MR) is 80.3 cm³/mol. The molecule has 1 aromatic heterocycles. The number of aryl methyl sites for hydroxylation is 1. The van der Waals surface area contributed by atoms with Gasteiger partial charge in [0.15, 0.2) is 12.1 Å². The normalized spacial score (nSPS) is 14.1. The minimum Gasteiger partial charge on any atom is -0.497 e. The molecule has 0 saturated heterocycles. The van der Waals surface area contributed by atoms with Crippen LogP contribution < -0.4 is 10.1 Å². The van der Waals surface area contributed by atoms with Gasteiger partial charge in [-0.3, -0.25) is 4.79 Å². The lowest BCUT2D eigenvalue weighted by molar-refractivity contribution is -0.166. The van der Waals surface area contributed by atoms with Crippen LogP contribution in [0.15, 0.2) is 42.7 Å². The molecule has 2 rings (SSSR count). The van der Waals surface area contributed by atoms with E-state index in [1.54, 1.807) is 13.1 Å². The van der Waals surface area contributed by atoms with E-state index in [0.717, 1.165) is 0 Å². The number of carbonyl (C=O) groups excluding carboxylic acids is 1. The maximum absolute atomic E-state index is 13.2. The van der Waals surface area contributed by atoms with Gasteiger partial charge in [0.05, 0.1) is 7.11 Å². The maximum atomic E-state index is 13.2. The SMILES string of the molecule is COc1cccc([C@H](O)C(=O)N[C@@H](c2ccn(C)c2)C(F)(F)F)c1. The van der Waals surface area contributed by atoms with Crippen LogP contribution in [0.5, 0.6) is 5.75 Å². The molecule has 1 heterocycles. The number of hydrogen-bond donors (Lipinski definition) is 2. The number of rotatable bonds is 5. The molecule has 8 heteroatoms. The number of ether oxygens (including phenoxy) is 1. The van der Waals surface area contributed by atoms with E-state index >= 15 is 0 Å². The van der Waals surface area contributed by atoms with Crippen molar-refractivity contribution in [2.45, 2.75) is 18.3 Å². The van der Waals surface area contributed by atoms with Crippen LogP contribution in [0.3, 0.4) is 0 Å². The Morgan fingerprint density at radius 1 is 1.29 bits per heavy atom. The zero-order valence-electron chi connectivity index (χ0n) is 13.0. The number of aliphatic hydroxyl groups is 1. The average Bonchev–Trinajstić information content (AvgIpc) is 2.96. The summed E-state index contributed by atoms with van der Waals surface area (Å²) in [5, 5.41) is 11.9. The van der Waals surface area contributed by atoms with Crippen molar-refractivity contribution in [3.05, 3.63) is 53.9 Å². The van der Waals surface area contributed by atoms with Gasteiger partial charge < -0.3 is 19.7 Å². The molecular formula is C16H17F3N2O3. The lowest BCUT2D eigenvalue weighted by Crippen LogP contribution is -2.40. The van der Waals surface area contributed by atoms with E-state index in [1.165, 1.54) is 48.3 Å². The van der Waals surface area contributed by atoms with E-state index in [2.05, 4.69) is 0 Å². The van der Waals surface area contributed by atoms with Crippen LogP contribution in [0.25, 0.3) is 0 Å². The van der Waals surface area contributed by atoms with Crippen molar-refractivity contribution in [3.8, 4) is 5.75 Å². The number of nitrogens with one attached hydrogen (secondary N) is 1. The molecule has 0 aliphatic heterocycles. The number of carbonyl (C=O) groups is 1. The fourth-order valence-electron chi connectivity index (χ4n) is 2.23. The molecule has 0 aliphatic rings. The Kier molecular flexibility index (Phi) is 5.18. The van der Waals surface area contributed by atoms with Crippen LogP contribution >= 0.6 is 0 Å². The molecule has 0 bridgehead atoms. The first-order chi connectivity index (χ1) is 11.2. The topological polar surface area (TPSA) is 63.5 Å². The summed E-state index contributed by atoms with van der Waals surface area (Å²) in [5.74, 6) is -0.760. The molecule has 0 unspecified atom stereocenters. The standard InChI is InChI=1S/C16H17F3N2O3/c1-21-7-6-11(9-21)14(16(17,18)19)20-15(23)13(22)10-4-3-5-12(8-10)24-2/h3-9,13-14,22H,1-2H3,(H,20,23)/t13-,14-/m0/s1. The molecule has 5 nitrogen and oxygen atoms in total. The van der Waals surface area contributed by atoms with Gasteiger partial charge in [-0.1, -0.05) is 12.1 Å². The largest absolute Gasteiger partial charge is 0.497 e. The first-order valence-electron chi connectivity index (χ1n) is 7.03. The van der Waals surface area contributed by atoms with E-state index in [-0.39, 0.29) is 11.1 Å². The van der Waals surface area contributed by atoms with Crippen molar-refractivity contribution in [2.75, 3.05) is 7.11 Å². The minimum atomic E-state index is -4.69. The Morgan fingerprint density at radius 3 is 2.54 bits per heavy atom. The Bertz CT molecular complexity index is 713. The Balaban J connectivity index is 2.20. The predicted octanol–water partition coefficient (Wildman–Crippen LogP) is 2.49. The minimum absolute atomic E-state index is 0.115. The number of benzene rings is 1. The molecule has 24 heavy (non-hydrogen) atoms. The zero-order chi connectivity index (χ0) is 17.9. The second-order valence-corrected chi connectivity index (χ2v) is 5.27. The summed E-state index contributed by atoms with van der Waals surface area (Å²) >= 11 is 0. The molecule has 1 aromatic carbocycles. The van der Waals surface area contributed by atoms with Crippen LogP contribution in [0.2, 0.25) is 0 Å². The summed E-state index contributed by atoms with van der Waals surface area (Å²) in [4.78, 5) is 12.1. The third-order valence-corrected chi connectivity index (χ3v) is 3.46. The third-order valence-electron chi connectivity index (χ3n) is 3.46. The summed E-state index contributed by atoms with van der Waals surface area (Å²) in [7, 11) is 2.98. The Hall–Kier alpha value is -2.48. The Labute approximate surface area is 136 Å². The van der Waals surface area contributed by atoms with Gasteiger partial charge in [-0.25, -0.2) is 0 Å². The van der Waals surface area contributed by atoms with Crippen LogP contribution in [0.1, 0.15) is 23.3 Å². The van der Waals surface area contributed by atoms with Crippen molar-refractivity contribution in [2.24, 2.45) is 7.05 Å². The summed E-state index contributed by atoms with van der Waals surface area (Å²) in [6.07, 6.45) is -3.73. The monoisotopic (exact) mass is 342 g/mol. The molecule has 0 spiro atoms. The highest BCUT2D eigenvalue weighted by Crippen LogP contribution is 2.33. The lowest BCUT2D eigenvalue weighted by Gasteiger charge is -2.22. The van der Waals surface area contributed by atoms with Crippen molar-refractivity contribution >= 4 is 5.91 Å². The van der Waals surface area contributed by atoms with Crippen molar-refractivity contribution in [1.82, 2.24) is 9.88 Å². The quantitative estimate of drug-likeness (QED) is 0.877. The van der Waals surface area contributed by atoms with Crippen molar-refractivity contribution in [3.63, 3.8) is 0 Å². The first-order valence-corrected chi connectivity index (χ1v) is 7.03. The number of alkyl halides is 3. The van der Waals surface area contributed by atoms with E-state index in [4.69, 9.17) is 4.74 Å². The Morgan fingerprint density at radius 2 is 2.00 bits per heavy atom. The van der Waals surface area contributed by atoms with Crippen molar-refractivity contribution < 1.29 is 27.8 Å². The molecule has 130 valence electrons. The second kappa shape index (κ2) is 6.96. The molecule has 0 fully saturated rings. The fraction of sp³-hybridized carbons (Fsp3) is 0.312. The molecule has 2 N–H and O–H groups in total. The number of nitrogens with zero attached hydrogens (tertiary/aromatic N) is 1. The molecule has 0 radical (unpaired) electrons. The highest BCUT2D eigenvalue weighted by atomic mass is 19.4. The molecular weight excluding hydrogens is 325 g/mol. The number of amides is 1. The first kappa shape index (κ1) is 17.9. The summed E-state index contributed by atoms with van der Waals surface area (Å²) in [6.45, 7) is 0. The number of methoxy groups -OCH3 is 1. The summed E-state index contributed by atoms with van der Waals surface area (Å²) in [6, 6.07) is 5.00. The third kappa shape index (κ3) is 4.08. The van der Waals surface area contributed by atoms with E-state index in [9.17, 15) is 23.1 Å². The van der Waals surface area contributed by atoms with Crippen LogP contribution in [-0.4, -0.2) is 28.9 Å². The van der Waals surface area contributed by atoms with E-state index < -0.39 is 24.2 Å². The average molecular weight is 342 g/mol. The summed E-state index contributed by atoms with van der Waals surface area (Å²) in [5.41, 5.74) is 0.0250. The van der Waals surface area contributed by atoms with Gasteiger partial charge >= 0.3 is 6.18 Å². The number of hydrogen-bond acceptors (Lipinski definition) is 3. The number of aromatic nitrogens is 1. The van der Waals surface area contributed by atoms with Crippen LogP contribution in [0.4, 0.5) is 13.2 Å². The highest BCUT2D eigenvalue weighted by Gasteiger charge is 2.43. The lowest BCUT2D eigenvalue weighted by atomic mass is 10.1. The van der Waals surface area contributed by atoms with Crippen LogP contribution in [0, 0.1) is 0 Å². The number of halogens is 3. The molecule has 0 aliphatic carbocycles. The van der Waals surface area contributed by atoms with Crippen molar-refractivity contribution in [1.29, 1.82) is 0 Å². The van der Waals surface area contributed by atoms with Gasteiger partial charge in [-0.2, -0.15) is 13.2 Å². The zero-order valence-corrected chi connectivity index (χ0v) is 13.0.